The maximum atomic E-state index is 11.0. The second kappa shape index (κ2) is 4.95. The number of urea groups is 1. The minimum Gasteiger partial charge on any atom is -0.390 e. The Balaban J connectivity index is 3.79. The first kappa shape index (κ1) is 11.2. The Kier molecular flexibility index (Phi) is 4.61. The molecule has 0 unspecified atom stereocenters. The van der Waals surface area contributed by atoms with Crippen LogP contribution in [-0.2, 0) is 0 Å². The molecule has 72 valence electrons. The molecule has 0 aromatic carbocycles. The Morgan fingerprint density at radius 1 is 1.50 bits per heavy atom. The molecule has 0 saturated carbocycles. The molecular formula is C7H18N3O2+. The van der Waals surface area contributed by atoms with Crippen molar-refractivity contribution in [1.29, 1.82) is 0 Å². The van der Waals surface area contributed by atoms with Crippen molar-refractivity contribution in [2.75, 3.05) is 33.8 Å². The number of nitrogens with zero attached hydrogens (tertiary/aromatic N) is 1. The highest BCUT2D eigenvalue weighted by Gasteiger charge is 2.16. The summed E-state index contributed by atoms with van der Waals surface area (Å²) in [5.41, 5.74) is 2.69. The summed E-state index contributed by atoms with van der Waals surface area (Å²) >= 11 is 0. The van der Waals surface area contributed by atoms with Gasteiger partial charge in [0.2, 0.25) is 0 Å². The Morgan fingerprint density at radius 3 is 2.50 bits per heavy atom. The number of aliphatic hydroxyl groups is 1. The maximum Gasteiger partial charge on any atom is 0.359 e. The summed E-state index contributed by atoms with van der Waals surface area (Å²) in [5, 5.41) is 11.3. The first-order chi connectivity index (χ1) is 5.52. The molecule has 0 rings (SSSR count). The van der Waals surface area contributed by atoms with E-state index in [9.17, 15) is 4.79 Å². The van der Waals surface area contributed by atoms with Gasteiger partial charge in [-0.25, -0.2) is 9.39 Å². The average Bonchev–Trinajstić information content (AvgIpc) is 1.85. The lowest BCUT2D eigenvalue weighted by molar-refractivity contribution is -0.925. The van der Waals surface area contributed by atoms with Gasteiger partial charge in [0.1, 0.15) is 6.54 Å². The number of aliphatic hydroxyl groups excluding tert-OH is 1. The van der Waals surface area contributed by atoms with Crippen LogP contribution in [-0.4, -0.2) is 49.5 Å². The topological polar surface area (TPSA) is 61.4 Å². The van der Waals surface area contributed by atoms with Crippen LogP contribution in [0.3, 0.4) is 0 Å². The monoisotopic (exact) mass is 176 g/mol. The van der Waals surface area contributed by atoms with Gasteiger partial charge < -0.3 is 10.4 Å². The van der Waals surface area contributed by atoms with E-state index in [1.165, 1.54) is 0 Å². The summed E-state index contributed by atoms with van der Waals surface area (Å²) in [7, 11) is 3.62. The predicted molar refractivity (Wildman–Crippen MR) is 46.3 cm³/mol. The van der Waals surface area contributed by atoms with Crippen molar-refractivity contribution in [3.63, 3.8) is 0 Å². The van der Waals surface area contributed by atoms with Gasteiger partial charge >= 0.3 is 6.03 Å². The molecule has 0 aromatic heterocycles. The molecule has 3 N–H and O–H groups in total. The highest BCUT2D eigenvalue weighted by molar-refractivity contribution is 5.72. The molecule has 0 bridgehead atoms. The molecular weight excluding hydrogens is 158 g/mol. The van der Waals surface area contributed by atoms with E-state index in [1.54, 1.807) is 0 Å². The van der Waals surface area contributed by atoms with Gasteiger partial charge in [-0.15, -0.1) is 0 Å². The molecule has 0 aliphatic carbocycles. The number of amides is 2. The van der Waals surface area contributed by atoms with Crippen molar-refractivity contribution in [3.8, 4) is 0 Å². The molecule has 2 amide bonds. The Labute approximate surface area is 72.9 Å². The summed E-state index contributed by atoms with van der Waals surface area (Å²) in [4.78, 5) is 11.0. The summed E-state index contributed by atoms with van der Waals surface area (Å²) in [6, 6.07) is -0.212. The molecule has 0 aliphatic rings. The van der Waals surface area contributed by atoms with Crippen molar-refractivity contribution >= 4 is 6.03 Å². The van der Waals surface area contributed by atoms with Crippen LogP contribution in [0.25, 0.3) is 0 Å². The lowest BCUT2D eigenvalue weighted by Crippen LogP contribution is -2.58. The van der Waals surface area contributed by atoms with Gasteiger partial charge in [-0.2, -0.15) is 5.43 Å². The van der Waals surface area contributed by atoms with Crippen LogP contribution >= 0.6 is 0 Å². The quantitative estimate of drug-likeness (QED) is 0.391. The molecule has 0 aliphatic heterocycles. The van der Waals surface area contributed by atoms with Crippen LogP contribution in [0.1, 0.15) is 6.92 Å². The molecule has 0 aromatic rings. The number of carbonyl (C=O) groups is 1. The maximum absolute atomic E-state index is 11.0. The zero-order chi connectivity index (χ0) is 9.61. The van der Waals surface area contributed by atoms with Crippen LogP contribution in [0.5, 0.6) is 0 Å². The average molecular weight is 176 g/mol. The zero-order valence-corrected chi connectivity index (χ0v) is 7.92. The highest BCUT2D eigenvalue weighted by atomic mass is 16.3. The van der Waals surface area contributed by atoms with Gasteiger partial charge in [-0.3, -0.25) is 0 Å². The molecule has 12 heavy (non-hydrogen) atoms. The standard InChI is InChI=1S/C7H17N3O2/c1-4-8-7(12)9-10(2,3)5-6-11/h11H,4-6H2,1-3H3,(H-,8,9,12)/p+1. The Hall–Kier alpha value is -0.810. The van der Waals surface area contributed by atoms with E-state index in [0.717, 1.165) is 0 Å². The second-order valence-corrected chi connectivity index (χ2v) is 3.10. The smallest absolute Gasteiger partial charge is 0.359 e. The molecule has 0 spiro atoms. The van der Waals surface area contributed by atoms with Crippen LogP contribution in [0, 0.1) is 0 Å². The van der Waals surface area contributed by atoms with Crippen LogP contribution in [0.15, 0.2) is 0 Å². The predicted octanol–water partition coefficient (Wildman–Crippen LogP) is -0.711. The Morgan fingerprint density at radius 2 is 2.08 bits per heavy atom. The molecule has 0 saturated heterocycles. The molecule has 0 atom stereocenters. The summed E-state index contributed by atoms with van der Waals surface area (Å²) in [5.74, 6) is 0. The van der Waals surface area contributed by atoms with Crippen molar-refractivity contribution in [2.24, 2.45) is 0 Å². The van der Waals surface area contributed by atoms with E-state index in [0.29, 0.717) is 13.1 Å². The van der Waals surface area contributed by atoms with E-state index in [2.05, 4.69) is 10.7 Å². The number of quaternary nitrogens is 1. The third kappa shape index (κ3) is 4.92. The fourth-order valence-electron chi connectivity index (χ4n) is 0.781. The van der Waals surface area contributed by atoms with Gasteiger partial charge in [0.15, 0.2) is 0 Å². The highest BCUT2D eigenvalue weighted by Crippen LogP contribution is 1.88. The summed E-state index contributed by atoms with van der Waals surface area (Å²) in [6.45, 7) is 3.01. The largest absolute Gasteiger partial charge is 0.390 e. The molecule has 0 fully saturated rings. The third-order valence-electron chi connectivity index (χ3n) is 1.40. The fraction of sp³-hybridized carbons (Fsp3) is 0.857. The number of carbonyl (C=O) groups excluding carboxylic acids is 1. The third-order valence-corrected chi connectivity index (χ3v) is 1.40. The van der Waals surface area contributed by atoms with Crippen molar-refractivity contribution in [3.05, 3.63) is 0 Å². The fourth-order valence-corrected chi connectivity index (χ4v) is 0.781. The zero-order valence-electron chi connectivity index (χ0n) is 7.92. The summed E-state index contributed by atoms with van der Waals surface area (Å²) < 4.78 is 0.280. The van der Waals surface area contributed by atoms with E-state index in [4.69, 9.17) is 5.11 Å². The first-order valence-corrected chi connectivity index (χ1v) is 4.02. The van der Waals surface area contributed by atoms with Gasteiger partial charge in [-0.05, 0) is 6.92 Å². The number of likely N-dealkylation sites (N-methyl/N-ethyl adjacent to an activating group) is 1. The SMILES string of the molecule is CCNC(=O)N[N+](C)(C)CCO. The van der Waals surface area contributed by atoms with Gasteiger partial charge in [-0.1, -0.05) is 0 Å². The molecule has 0 heterocycles. The van der Waals surface area contributed by atoms with Gasteiger partial charge in [0.05, 0.1) is 20.7 Å². The van der Waals surface area contributed by atoms with Gasteiger partial charge in [0.25, 0.3) is 0 Å². The molecule has 0 radical (unpaired) electrons. The molecule has 5 heteroatoms. The summed E-state index contributed by atoms with van der Waals surface area (Å²) in [6.07, 6.45) is 0. The van der Waals surface area contributed by atoms with Crippen LogP contribution < -0.4 is 10.7 Å². The van der Waals surface area contributed by atoms with Crippen LogP contribution in [0.2, 0.25) is 0 Å². The van der Waals surface area contributed by atoms with E-state index in [1.807, 2.05) is 21.0 Å². The first-order valence-electron chi connectivity index (χ1n) is 4.02. The number of nitrogens with one attached hydrogen (secondary N) is 2. The molecule has 5 nitrogen and oxygen atoms in total. The Bertz CT molecular complexity index is 148. The van der Waals surface area contributed by atoms with E-state index < -0.39 is 0 Å². The second-order valence-electron chi connectivity index (χ2n) is 3.10. The van der Waals surface area contributed by atoms with Gasteiger partial charge in [0, 0.05) is 6.54 Å². The normalized spacial score (nSPS) is 11.0. The van der Waals surface area contributed by atoms with E-state index in [-0.39, 0.29) is 17.2 Å². The number of rotatable bonds is 4. The van der Waals surface area contributed by atoms with Crippen molar-refractivity contribution in [2.45, 2.75) is 6.92 Å². The van der Waals surface area contributed by atoms with Crippen molar-refractivity contribution < 1.29 is 14.5 Å². The minimum absolute atomic E-state index is 0.0550. The van der Waals surface area contributed by atoms with Crippen LogP contribution in [0.4, 0.5) is 4.79 Å². The lowest BCUT2D eigenvalue weighted by Gasteiger charge is -2.27. The lowest BCUT2D eigenvalue weighted by atomic mass is 10.6. The van der Waals surface area contributed by atoms with Crippen molar-refractivity contribution in [1.82, 2.24) is 10.7 Å². The number of hydrogen-bond acceptors (Lipinski definition) is 2. The number of hydrogen-bond donors (Lipinski definition) is 3. The minimum atomic E-state index is -0.212. The van der Waals surface area contributed by atoms with E-state index >= 15 is 0 Å².